The lowest BCUT2D eigenvalue weighted by molar-refractivity contribution is 1.08. The number of hydrogen-bond donors (Lipinski definition) is 1. The van der Waals surface area contributed by atoms with E-state index in [0.29, 0.717) is 0 Å². The molecule has 0 aliphatic rings. The van der Waals surface area contributed by atoms with Crippen LogP contribution in [0.15, 0.2) is 54.7 Å². The van der Waals surface area contributed by atoms with Crippen LogP contribution < -0.4 is 10.2 Å². The first-order valence-corrected chi connectivity index (χ1v) is 7.04. The van der Waals surface area contributed by atoms with Crippen LogP contribution in [0.5, 0.6) is 0 Å². The van der Waals surface area contributed by atoms with Gasteiger partial charge in [0, 0.05) is 30.6 Å². The quantitative estimate of drug-likeness (QED) is 0.771. The van der Waals surface area contributed by atoms with Gasteiger partial charge < -0.3 is 10.2 Å². The zero-order chi connectivity index (χ0) is 14.8. The van der Waals surface area contributed by atoms with Crippen molar-refractivity contribution in [3.8, 4) is 0 Å². The molecule has 0 radical (unpaired) electrons. The van der Waals surface area contributed by atoms with E-state index in [2.05, 4.69) is 52.5 Å². The lowest BCUT2D eigenvalue weighted by Crippen LogP contribution is -2.12. The van der Waals surface area contributed by atoms with Gasteiger partial charge in [-0.2, -0.15) is 0 Å². The molecule has 0 aliphatic carbocycles. The number of nitrogens with zero attached hydrogens (tertiary/aromatic N) is 2. The van der Waals surface area contributed by atoms with Gasteiger partial charge in [-0.3, -0.25) is 0 Å². The molecule has 3 rings (SSSR count). The zero-order valence-corrected chi connectivity index (χ0v) is 12.6. The molecule has 21 heavy (non-hydrogen) atoms. The molecular weight excluding hydrogens is 258 g/mol. The van der Waals surface area contributed by atoms with Gasteiger partial charge in [0.2, 0.25) is 0 Å². The molecule has 0 spiro atoms. The Morgan fingerprint density at radius 1 is 0.952 bits per heavy atom. The van der Waals surface area contributed by atoms with Crippen LogP contribution in [0.1, 0.15) is 5.56 Å². The molecule has 1 aromatic heterocycles. The van der Waals surface area contributed by atoms with Gasteiger partial charge in [-0.15, -0.1) is 0 Å². The molecule has 0 saturated heterocycles. The van der Waals surface area contributed by atoms with Crippen LogP contribution in [0, 0.1) is 6.92 Å². The average Bonchev–Trinajstić information content (AvgIpc) is 2.49. The maximum Gasteiger partial charge on any atom is 0.136 e. The molecule has 0 aliphatic heterocycles. The van der Waals surface area contributed by atoms with Crippen LogP contribution in [-0.2, 0) is 0 Å². The largest absolute Gasteiger partial charge is 0.362 e. The predicted octanol–water partition coefficient (Wildman–Crippen LogP) is 4.35. The van der Waals surface area contributed by atoms with Crippen molar-refractivity contribution in [3.63, 3.8) is 0 Å². The monoisotopic (exact) mass is 277 g/mol. The number of para-hydroxylation sites is 1. The molecule has 0 amide bonds. The Bertz CT molecular complexity index is 764. The SMILES string of the molecule is Cc1cccc2c(Nc3ccccc3)cnc(N(C)C)c12. The summed E-state index contributed by atoms with van der Waals surface area (Å²) in [6, 6.07) is 16.5. The van der Waals surface area contributed by atoms with Crippen molar-refractivity contribution < 1.29 is 0 Å². The Hall–Kier alpha value is -2.55. The van der Waals surface area contributed by atoms with Gasteiger partial charge in [-0.25, -0.2) is 4.98 Å². The highest BCUT2D eigenvalue weighted by Crippen LogP contribution is 2.33. The number of benzene rings is 2. The van der Waals surface area contributed by atoms with Crippen molar-refractivity contribution in [1.29, 1.82) is 0 Å². The second-order valence-corrected chi connectivity index (χ2v) is 5.38. The Morgan fingerprint density at radius 3 is 2.43 bits per heavy atom. The van der Waals surface area contributed by atoms with E-state index >= 15 is 0 Å². The van der Waals surface area contributed by atoms with Gasteiger partial charge in [0.25, 0.3) is 0 Å². The number of aryl methyl sites for hydroxylation is 1. The minimum atomic E-state index is 1.00. The first-order valence-electron chi connectivity index (χ1n) is 7.04. The van der Waals surface area contributed by atoms with E-state index in [4.69, 9.17) is 0 Å². The fraction of sp³-hybridized carbons (Fsp3) is 0.167. The van der Waals surface area contributed by atoms with Crippen molar-refractivity contribution in [2.24, 2.45) is 0 Å². The highest BCUT2D eigenvalue weighted by Gasteiger charge is 2.11. The second kappa shape index (κ2) is 5.44. The van der Waals surface area contributed by atoms with Gasteiger partial charge >= 0.3 is 0 Å². The number of nitrogens with one attached hydrogen (secondary N) is 1. The van der Waals surface area contributed by atoms with Crippen LogP contribution in [0.25, 0.3) is 10.8 Å². The highest BCUT2D eigenvalue weighted by molar-refractivity contribution is 6.03. The molecule has 0 unspecified atom stereocenters. The number of aromatic nitrogens is 1. The third kappa shape index (κ3) is 2.55. The topological polar surface area (TPSA) is 28.2 Å². The van der Waals surface area contributed by atoms with Gasteiger partial charge in [-0.1, -0.05) is 36.4 Å². The summed E-state index contributed by atoms with van der Waals surface area (Å²) in [5.41, 5.74) is 3.34. The maximum atomic E-state index is 4.63. The maximum absolute atomic E-state index is 4.63. The van der Waals surface area contributed by atoms with Crippen LogP contribution in [0.2, 0.25) is 0 Å². The standard InChI is InChI=1S/C18H19N3/c1-13-8-7-11-15-16(20-14-9-5-4-6-10-14)12-19-18(17(13)15)21(2)3/h4-12,20H,1-3H3. The average molecular weight is 277 g/mol. The van der Waals surface area contributed by atoms with Crippen LogP contribution in [0.4, 0.5) is 17.2 Å². The number of fused-ring (bicyclic) bond motifs is 1. The molecule has 0 fully saturated rings. The van der Waals surface area contributed by atoms with Gasteiger partial charge in [0.1, 0.15) is 5.82 Å². The third-order valence-electron chi connectivity index (χ3n) is 3.58. The Balaban J connectivity index is 2.17. The summed E-state index contributed by atoms with van der Waals surface area (Å²) in [5, 5.41) is 5.85. The normalized spacial score (nSPS) is 10.6. The van der Waals surface area contributed by atoms with E-state index in [-0.39, 0.29) is 0 Å². The van der Waals surface area contributed by atoms with E-state index in [1.54, 1.807) is 0 Å². The van der Waals surface area contributed by atoms with E-state index < -0.39 is 0 Å². The molecule has 1 N–H and O–H groups in total. The van der Waals surface area contributed by atoms with Crippen molar-refractivity contribution in [3.05, 3.63) is 60.3 Å². The van der Waals surface area contributed by atoms with Crippen molar-refractivity contribution in [2.75, 3.05) is 24.3 Å². The predicted molar refractivity (Wildman–Crippen MR) is 90.5 cm³/mol. The second-order valence-electron chi connectivity index (χ2n) is 5.38. The fourth-order valence-corrected chi connectivity index (χ4v) is 2.56. The first kappa shape index (κ1) is 13.4. The molecule has 3 aromatic rings. The smallest absolute Gasteiger partial charge is 0.136 e. The third-order valence-corrected chi connectivity index (χ3v) is 3.58. The van der Waals surface area contributed by atoms with E-state index in [1.807, 2.05) is 38.5 Å². The number of pyridine rings is 1. The minimum Gasteiger partial charge on any atom is -0.362 e. The molecule has 0 saturated carbocycles. The fourth-order valence-electron chi connectivity index (χ4n) is 2.56. The first-order chi connectivity index (χ1) is 10.2. The van der Waals surface area contributed by atoms with E-state index in [1.165, 1.54) is 16.3 Å². The minimum absolute atomic E-state index is 1.00. The van der Waals surface area contributed by atoms with Gasteiger partial charge in [0.05, 0.1) is 11.9 Å². The molecule has 1 heterocycles. The van der Waals surface area contributed by atoms with Gasteiger partial charge in [-0.05, 0) is 24.6 Å². The molecule has 2 aromatic carbocycles. The molecule has 0 atom stereocenters. The number of hydrogen-bond acceptors (Lipinski definition) is 3. The lowest BCUT2D eigenvalue weighted by atomic mass is 10.0. The summed E-state index contributed by atoms with van der Waals surface area (Å²) in [6.07, 6.45) is 1.91. The molecular formula is C18H19N3. The summed E-state index contributed by atoms with van der Waals surface area (Å²) < 4.78 is 0. The lowest BCUT2D eigenvalue weighted by Gasteiger charge is -2.18. The van der Waals surface area contributed by atoms with Crippen LogP contribution >= 0.6 is 0 Å². The van der Waals surface area contributed by atoms with Crippen molar-refractivity contribution in [2.45, 2.75) is 6.92 Å². The van der Waals surface area contributed by atoms with Gasteiger partial charge in [0.15, 0.2) is 0 Å². The zero-order valence-electron chi connectivity index (χ0n) is 12.6. The molecule has 3 nitrogen and oxygen atoms in total. The molecule has 106 valence electrons. The molecule has 3 heteroatoms. The highest BCUT2D eigenvalue weighted by atomic mass is 15.1. The summed E-state index contributed by atoms with van der Waals surface area (Å²) in [4.78, 5) is 6.68. The Labute approximate surface area is 125 Å². The summed E-state index contributed by atoms with van der Waals surface area (Å²) in [7, 11) is 4.05. The van der Waals surface area contributed by atoms with E-state index in [0.717, 1.165) is 17.2 Å². The van der Waals surface area contributed by atoms with Crippen LogP contribution in [0.3, 0.4) is 0 Å². The van der Waals surface area contributed by atoms with E-state index in [9.17, 15) is 0 Å². The molecule has 0 bridgehead atoms. The number of anilines is 3. The number of rotatable bonds is 3. The Morgan fingerprint density at radius 2 is 1.71 bits per heavy atom. The summed E-state index contributed by atoms with van der Waals surface area (Å²) in [5.74, 6) is 1.00. The summed E-state index contributed by atoms with van der Waals surface area (Å²) >= 11 is 0. The van der Waals surface area contributed by atoms with Crippen molar-refractivity contribution in [1.82, 2.24) is 4.98 Å². The summed E-state index contributed by atoms with van der Waals surface area (Å²) in [6.45, 7) is 2.13. The Kier molecular flexibility index (Phi) is 3.48. The van der Waals surface area contributed by atoms with Crippen molar-refractivity contribution >= 4 is 28.0 Å². The van der Waals surface area contributed by atoms with Crippen LogP contribution in [-0.4, -0.2) is 19.1 Å².